The first-order chi connectivity index (χ1) is 8.28. The molecule has 1 aromatic rings. The summed E-state index contributed by atoms with van der Waals surface area (Å²) in [6.45, 7) is 9.94. The van der Waals surface area contributed by atoms with Gasteiger partial charge in [-0.1, -0.05) is 26.8 Å². The lowest BCUT2D eigenvalue weighted by Crippen LogP contribution is -2.26. The molecule has 0 saturated carbocycles. The van der Waals surface area contributed by atoms with Crippen molar-refractivity contribution in [2.24, 2.45) is 5.41 Å². The lowest BCUT2D eigenvalue weighted by Gasteiger charge is -2.22. The van der Waals surface area contributed by atoms with Crippen LogP contribution in [0.5, 0.6) is 0 Å². The SMILES string of the molecule is Cc1ccc(F)cc1CNCC(Cl)CC(C)(C)C. The van der Waals surface area contributed by atoms with Crippen LogP contribution < -0.4 is 5.32 Å². The first-order valence-electron chi connectivity index (χ1n) is 6.38. The monoisotopic (exact) mass is 271 g/mol. The number of halogens is 2. The maximum absolute atomic E-state index is 13.1. The van der Waals surface area contributed by atoms with Crippen LogP contribution in [0.2, 0.25) is 0 Å². The predicted molar refractivity (Wildman–Crippen MR) is 76.6 cm³/mol. The van der Waals surface area contributed by atoms with Gasteiger partial charge in [0.05, 0.1) is 0 Å². The van der Waals surface area contributed by atoms with E-state index in [4.69, 9.17) is 11.6 Å². The van der Waals surface area contributed by atoms with E-state index in [0.717, 1.165) is 24.1 Å². The van der Waals surface area contributed by atoms with E-state index in [-0.39, 0.29) is 16.6 Å². The van der Waals surface area contributed by atoms with Crippen LogP contribution in [0.15, 0.2) is 18.2 Å². The smallest absolute Gasteiger partial charge is 0.123 e. The third kappa shape index (κ3) is 5.83. The second-order valence-electron chi connectivity index (χ2n) is 6.06. The lowest BCUT2D eigenvalue weighted by atomic mass is 9.90. The third-order valence-electron chi connectivity index (χ3n) is 2.83. The van der Waals surface area contributed by atoms with E-state index in [9.17, 15) is 4.39 Å². The highest BCUT2D eigenvalue weighted by Crippen LogP contribution is 2.23. The summed E-state index contributed by atoms with van der Waals surface area (Å²) in [6.07, 6.45) is 0.962. The van der Waals surface area contributed by atoms with Crippen LogP contribution in [-0.4, -0.2) is 11.9 Å². The van der Waals surface area contributed by atoms with E-state index >= 15 is 0 Å². The van der Waals surface area contributed by atoms with Crippen LogP contribution in [-0.2, 0) is 6.54 Å². The molecule has 3 heteroatoms. The summed E-state index contributed by atoms with van der Waals surface area (Å²) in [5.74, 6) is -0.186. The maximum atomic E-state index is 13.1. The molecule has 0 spiro atoms. The van der Waals surface area contributed by atoms with Gasteiger partial charge in [-0.2, -0.15) is 0 Å². The largest absolute Gasteiger partial charge is 0.311 e. The van der Waals surface area contributed by atoms with E-state index in [1.165, 1.54) is 6.07 Å². The van der Waals surface area contributed by atoms with Crippen LogP contribution in [0.3, 0.4) is 0 Å². The predicted octanol–water partition coefficient (Wildman–Crippen LogP) is 4.27. The van der Waals surface area contributed by atoms with E-state index in [0.29, 0.717) is 6.54 Å². The van der Waals surface area contributed by atoms with Gasteiger partial charge in [0.2, 0.25) is 0 Å². The van der Waals surface area contributed by atoms with Crippen molar-refractivity contribution in [1.82, 2.24) is 5.32 Å². The molecule has 0 saturated heterocycles. The van der Waals surface area contributed by atoms with Crippen molar-refractivity contribution in [2.45, 2.75) is 46.0 Å². The number of nitrogens with one attached hydrogen (secondary N) is 1. The fourth-order valence-corrected chi connectivity index (χ4v) is 2.50. The summed E-state index contributed by atoms with van der Waals surface area (Å²) in [6, 6.07) is 4.87. The Bertz CT molecular complexity index is 385. The molecule has 0 bridgehead atoms. The number of rotatable bonds is 5. The molecule has 0 heterocycles. The van der Waals surface area contributed by atoms with Crippen molar-refractivity contribution in [2.75, 3.05) is 6.54 Å². The summed E-state index contributed by atoms with van der Waals surface area (Å²) in [5.41, 5.74) is 2.34. The summed E-state index contributed by atoms with van der Waals surface area (Å²) in [5, 5.41) is 3.40. The van der Waals surface area contributed by atoms with Gasteiger partial charge < -0.3 is 5.32 Å². The molecule has 0 aromatic heterocycles. The quantitative estimate of drug-likeness (QED) is 0.789. The molecule has 0 amide bonds. The lowest BCUT2D eigenvalue weighted by molar-refractivity contribution is 0.364. The Hall–Kier alpha value is -0.600. The van der Waals surface area contributed by atoms with Gasteiger partial charge in [-0.15, -0.1) is 11.6 Å². The maximum Gasteiger partial charge on any atom is 0.123 e. The molecular weight excluding hydrogens is 249 g/mol. The molecule has 1 unspecified atom stereocenters. The van der Waals surface area contributed by atoms with Gasteiger partial charge in [-0.3, -0.25) is 0 Å². The number of aryl methyl sites for hydroxylation is 1. The molecule has 1 atom stereocenters. The first-order valence-corrected chi connectivity index (χ1v) is 6.81. The Balaban J connectivity index is 2.40. The van der Waals surface area contributed by atoms with Gasteiger partial charge in [0, 0.05) is 18.5 Å². The van der Waals surface area contributed by atoms with Crippen molar-refractivity contribution in [3.05, 3.63) is 35.1 Å². The zero-order valence-electron chi connectivity index (χ0n) is 11.7. The first kappa shape index (κ1) is 15.5. The van der Waals surface area contributed by atoms with Crippen molar-refractivity contribution >= 4 is 11.6 Å². The Kier molecular flexibility index (Phi) is 5.61. The molecule has 0 fully saturated rings. The van der Waals surface area contributed by atoms with Gasteiger partial charge in [0.1, 0.15) is 5.82 Å². The highest BCUT2D eigenvalue weighted by Gasteiger charge is 2.16. The van der Waals surface area contributed by atoms with Crippen LogP contribution in [0.25, 0.3) is 0 Å². The van der Waals surface area contributed by atoms with Gasteiger partial charge >= 0.3 is 0 Å². The summed E-state index contributed by atoms with van der Waals surface area (Å²) in [7, 11) is 0. The number of hydrogen-bond donors (Lipinski definition) is 1. The Morgan fingerprint density at radius 2 is 2.00 bits per heavy atom. The second-order valence-corrected chi connectivity index (χ2v) is 6.68. The zero-order chi connectivity index (χ0) is 13.8. The Morgan fingerprint density at radius 3 is 2.61 bits per heavy atom. The van der Waals surface area contributed by atoms with Crippen LogP contribution in [0.1, 0.15) is 38.3 Å². The summed E-state index contributed by atoms with van der Waals surface area (Å²) in [4.78, 5) is 0. The minimum Gasteiger partial charge on any atom is -0.311 e. The second kappa shape index (κ2) is 6.53. The van der Waals surface area contributed by atoms with E-state index < -0.39 is 0 Å². The Morgan fingerprint density at radius 1 is 1.33 bits per heavy atom. The topological polar surface area (TPSA) is 12.0 Å². The molecule has 102 valence electrons. The number of alkyl halides is 1. The van der Waals surface area contributed by atoms with Crippen molar-refractivity contribution in [1.29, 1.82) is 0 Å². The molecule has 1 N–H and O–H groups in total. The van der Waals surface area contributed by atoms with Crippen LogP contribution >= 0.6 is 11.6 Å². The summed E-state index contributed by atoms with van der Waals surface area (Å²) >= 11 is 6.27. The van der Waals surface area contributed by atoms with Crippen molar-refractivity contribution in [3.8, 4) is 0 Å². The van der Waals surface area contributed by atoms with Gasteiger partial charge in [0.15, 0.2) is 0 Å². The minimum absolute atomic E-state index is 0.110. The Labute approximate surface area is 115 Å². The fraction of sp³-hybridized carbons (Fsp3) is 0.600. The standard InChI is InChI=1S/C15H23ClFN/c1-11-5-6-14(17)7-12(11)9-18-10-13(16)8-15(2,3)4/h5-7,13,18H,8-10H2,1-4H3. The van der Waals surface area contributed by atoms with Crippen LogP contribution in [0, 0.1) is 18.2 Å². The van der Waals surface area contributed by atoms with E-state index in [2.05, 4.69) is 26.1 Å². The molecule has 18 heavy (non-hydrogen) atoms. The minimum atomic E-state index is -0.186. The number of hydrogen-bond acceptors (Lipinski definition) is 1. The summed E-state index contributed by atoms with van der Waals surface area (Å²) < 4.78 is 13.1. The average Bonchev–Trinajstić information content (AvgIpc) is 2.20. The van der Waals surface area contributed by atoms with Crippen molar-refractivity contribution in [3.63, 3.8) is 0 Å². The van der Waals surface area contributed by atoms with Gasteiger partial charge in [-0.05, 0) is 42.0 Å². The molecule has 0 aliphatic carbocycles. The highest BCUT2D eigenvalue weighted by molar-refractivity contribution is 6.20. The number of benzene rings is 1. The van der Waals surface area contributed by atoms with E-state index in [1.54, 1.807) is 12.1 Å². The molecule has 1 aromatic carbocycles. The fourth-order valence-electron chi connectivity index (χ4n) is 1.93. The van der Waals surface area contributed by atoms with Gasteiger partial charge in [0.25, 0.3) is 0 Å². The molecule has 0 radical (unpaired) electrons. The van der Waals surface area contributed by atoms with Crippen LogP contribution in [0.4, 0.5) is 4.39 Å². The van der Waals surface area contributed by atoms with Gasteiger partial charge in [-0.25, -0.2) is 4.39 Å². The molecule has 0 aliphatic rings. The average molecular weight is 272 g/mol. The van der Waals surface area contributed by atoms with Crippen molar-refractivity contribution < 1.29 is 4.39 Å². The molecule has 1 rings (SSSR count). The molecular formula is C15H23ClFN. The highest BCUT2D eigenvalue weighted by atomic mass is 35.5. The normalized spacial score (nSPS) is 13.7. The third-order valence-corrected chi connectivity index (χ3v) is 3.13. The zero-order valence-corrected chi connectivity index (χ0v) is 12.4. The molecule has 0 aliphatic heterocycles. The molecule has 1 nitrogen and oxygen atoms in total. The van der Waals surface area contributed by atoms with E-state index in [1.807, 2.05) is 6.92 Å².